The first-order valence-corrected chi connectivity index (χ1v) is 29.2. The van der Waals surface area contributed by atoms with Gasteiger partial charge in [0.25, 0.3) is 0 Å². The molecule has 0 bridgehead atoms. The Bertz CT molecular complexity index is 1470. The highest BCUT2D eigenvalue weighted by Crippen LogP contribution is 2.27. The van der Waals surface area contributed by atoms with E-state index < -0.39 is 99.3 Å². The molecule has 0 radical (unpaired) electrons. The Balaban J connectivity index is 1.77. The summed E-state index contributed by atoms with van der Waals surface area (Å²) < 4.78 is 33.6. The minimum atomic E-state index is -1.78. The van der Waals surface area contributed by atoms with Crippen molar-refractivity contribution in [2.24, 2.45) is 0 Å². The number of hydrogen-bond donors (Lipinski definition) is 7. The topological polar surface area (TPSA) is 231 Å². The van der Waals surface area contributed by atoms with Crippen molar-refractivity contribution in [3.05, 3.63) is 48.6 Å². The predicted octanol–water partition coefficient (Wildman–Crippen LogP) is 9.83. The standard InChI is InChI=1S/C59H104O15/c1-3-5-7-9-11-13-15-17-19-20-21-22-23-24-25-26-28-30-32-34-36-38-40-42-51(62)72-47(44-69-50(61)41-39-37-35-33-31-29-27-18-16-14-12-10-8-6-4-2)45-70-58-57(68)55(66)53(64)49(74-58)46-71-59-56(67)54(65)52(63)48(43-60)73-59/h12,14,18,26-28,34,36,47-49,52-60,63-68H,3-11,13,15-17,19-25,29-33,35,37-46H2,1-2H3/b14-12+,27-18+,28-26+,36-34+/t47-,48+,49+,52-,53-,54?,55?,56?,57?,58+,59+/m1/s1. The monoisotopic (exact) mass is 1050 g/mol. The summed E-state index contributed by atoms with van der Waals surface area (Å²) >= 11 is 0. The molecule has 430 valence electrons. The van der Waals surface area contributed by atoms with Crippen LogP contribution < -0.4 is 0 Å². The van der Waals surface area contributed by atoms with Crippen LogP contribution in [0.5, 0.6) is 0 Å². The molecular formula is C59H104O15. The van der Waals surface area contributed by atoms with Gasteiger partial charge >= 0.3 is 11.9 Å². The van der Waals surface area contributed by atoms with Crippen molar-refractivity contribution in [1.82, 2.24) is 0 Å². The second kappa shape index (κ2) is 45.5. The van der Waals surface area contributed by atoms with Crippen LogP contribution in [0.3, 0.4) is 0 Å². The van der Waals surface area contributed by atoms with E-state index >= 15 is 0 Å². The molecule has 4 unspecified atom stereocenters. The Morgan fingerprint density at radius 1 is 0.432 bits per heavy atom. The maximum atomic E-state index is 13.0. The lowest BCUT2D eigenvalue weighted by molar-refractivity contribution is -0.332. The molecule has 74 heavy (non-hydrogen) atoms. The average Bonchev–Trinajstić information content (AvgIpc) is 3.39. The van der Waals surface area contributed by atoms with E-state index in [0.717, 1.165) is 64.2 Å². The molecular weight excluding hydrogens is 949 g/mol. The SMILES string of the molecule is CCCCC/C=C/C/C=C/CCCCCCCC(=O)OC[C@H](CO[C@H]1O[C@@H](CO[C@H]2O[C@@H](CO)[C@@H](O)C(O)C2O)[C@@H](O)C(O)C1O)OC(=O)CCC/C=C/CC/C=C/CCCCCCCCCCCCCCCC. The third-order valence-electron chi connectivity index (χ3n) is 13.8. The van der Waals surface area contributed by atoms with Crippen LogP contribution in [0.15, 0.2) is 48.6 Å². The normalized spacial score (nSPS) is 25.0. The van der Waals surface area contributed by atoms with Gasteiger partial charge in [-0.15, -0.1) is 0 Å². The van der Waals surface area contributed by atoms with Crippen LogP contribution in [-0.4, -0.2) is 142 Å². The molecule has 2 aliphatic heterocycles. The van der Waals surface area contributed by atoms with Crippen LogP contribution in [0.25, 0.3) is 0 Å². The van der Waals surface area contributed by atoms with Gasteiger partial charge in [0.1, 0.15) is 55.4 Å². The second-order valence-electron chi connectivity index (χ2n) is 20.5. The van der Waals surface area contributed by atoms with E-state index in [4.69, 9.17) is 28.4 Å². The molecule has 7 N–H and O–H groups in total. The Morgan fingerprint density at radius 3 is 1.38 bits per heavy atom. The summed E-state index contributed by atoms with van der Waals surface area (Å²) in [5.41, 5.74) is 0. The van der Waals surface area contributed by atoms with Crippen LogP contribution >= 0.6 is 0 Å². The molecule has 15 heteroatoms. The minimum absolute atomic E-state index is 0.102. The highest BCUT2D eigenvalue weighted by atomic mass is 16.7. The quantitative estimate of drug-likeness (QED) is 0.0171. The largest absolute Gasteiger partial charge is 0.462 e. The molecule has 2 fully saturated rings. The fourth-order valence-corrected chi connectivity index (χ4v) is 8.97. The zero-order valence-corrected chi connectivity index (χ0v) is 45.8. The van der Waals surface area contributed by atoms with E-state index in [-0.39, 0.29) is 19.4 Å². The minimum Gasteiger partial charge on any atom is -0.462 e. The third-order valence-corrected chi connectivity index (χ3v) is 13.8. The lowest BCUT2D eigenvalue weighted by atomic mass is 9.98. The van der Waals surface area contributed by atoms with Gasteiger partial charge in [0, 0.05) is 12.8 Å². The Hall–Kier alpha value is -2.54. The van der Waals surface area contributed by atoms with Crippen molar-refractivity contribution in [3.63, 3.8) is 0 Å². The molecule has 0 aromatic carbocycles. The summed E-state index contributed by atoms with van der Waals surface area (Å²) in [4.78, 5) is 25.8. The maximum absolute atomic E-state index is 13.0. The number of carbonyl (C=O) groups is 2. The van der Waals surface area contributed by atoms with Crippen LogP contribution in [0, 0.1) is 0 Å². The van der Waals surface area contributed by atoms with Gasteiger partial charge < -0.3 is 64.2 Å². The van der Waals surface area contributed by atoms with E-state index in [9.17, 15) is 45.3 Å². The molecule has 11 atom stereocenters. The van der Waals surface area contributed by atoms with Gasteiger partial charge in [-0.3, -0.25) is 9.59 Å². The Labute approximate surface area is 446 Å². The smallest absolute Gasteiger partial charge is 0.306 e. The molecule has 2 rings (SSSR count). The number of carbonyl (C=O) groups excluding carboxylic acids is 2. The van der Waals surface area contributed by atoms with E-state index in [1.807, 2.05) is 0 Å². The molecule has 2 heterocycles. The van der Waals surface area contributed by atoms with Crippen molar-refractivity contribution >= 4 is 11.9 Å². The number of aliphatic hydroxyl groups excluding tert-OH is 7. The number of allylic oxidation sites excluding steroid dienone is 8. The number of aliphatic hydroxyl groups is 7. The van der Waals surface area contributed by atoms with E-state index in [1.165, 1.54) is 109 Å². The first-order valence-electron chi connectivity index (χ1n) is 29.2. The Kier molecular flexibility index (Phi) is 41.5. The van der Waals surface area contributed by atoms with Crippen LogP contribution in [-0.2, 0) is 38.0 Å². The zero-order valence-electron chi connectivity index (χ0n) is 45.8. The lowest BCUT2D eigenvalue weighted by Gasteiger charge is -2.42. The van der Waals surface area contributed by atoms with Crippen molar-refractivity contribution in [1.29, 1.82) is 0 Å². The lowest BCUT2D eigenvalue weighted by Crippen LogP contribution is -2.61. The maximum Gasteiger partial charge on any atom is 0.306 e. The molecule has 0 spiro atoms. The molecule has 0 saturated carbocycles. The molecule has 15 nitrogen and oxygen atoms in total. The molecule has 0 aromatic heterocycles. The predicted molar refractivity (Wildman–Crippen MR) is 289 cm³/mol. The summed E-state index contributed by atoms with van der Waals surface area (Å²) in [5, 5.41) is 72.2. The van der Waals surface area contributed by atoms with Crippen molar-refractivity contribution in [2.75, 3.05) is 26.4 Å². The van der Waals surface area contributed by atoms with Gasteiger partial charge in [0.2, 0.25) is 0 Å². The number of hydrogen-bond acceptors (Lipinski definition) is 15. The summed E-state index contributed by atoms with van der Waals surface area (Å²) in [6, 6.07) is 0. The molecule has 0 amide bonds. The van der Waals surface area contributed by atoms with Crippen LogP contribution in [0.1, 0.15) is 219 Å². The Morgan fingerprint density at radius 2 is 0.838 bits per heavy atom. The van der Waals surface area contributed by atoms with Gasteiger partial charge in [-0.25, -0.2) is 0 Å². The van der Waals surface area contributed by atoms with E-state index in [2.05, 4.69) is 62.5 Å². The molecule has 2 saturated heterocycles. The number of ether oxygens (including phenoxy) is 6. The van der Waals surface area contributed by atoms with Crippen LogP contribution in [0.2, 0.25) is 0 Å². The molecule has 0 aromatic rings. The van der Waals surface area contributed by atoms with Gasteiger partial charge in [0.15, 0.2) is 18.7 Å². The van der Waals surface area contributed by atoms with Gasteiger partial charge in [0.05, 0.1) is 19.8 Å². The highest BCUT2D eigenvalue weighted by molar-refractivity contribution is 5.70. The fraction of sp³-hybridized carbons (Fsp3) is 0.831. The van der Waals surface area contributed by atoms with Crippen molar-refractivity contribution < 1.29 is 73.8 Å². The molecule has 2 aliphatic rings. The van der Waals surface area contributed by atoms with Crippen molar-refractivity contribution in [2.45, 2.75) is 287 Å². The average molecular weight is 1050 g/mol. The van der Waals surface area contributed by atoms with Crippen LogP contribution in [0.4, 0.5) is 0 Å². The van der Waals surface area contributed by atoms with Gasteiger partial charge in [-0.2, -0.15) is 0 Å². The third kappa shape index (κ3) is 32.3. The van der Waals surface area contributed by atoms with E-state index in [1.54, 1.807) is 0 Å². The molecule has 0 aliphatic carbocycles. The van der Waals surface area contributed by atoms with Gasteiger partial charge in [-0.05, 0) is 77.0 Å². The number of unbranched alkanes of at least 4 members (excludes halogenated alkanes) is 24. The summed E-state index contributed by atoms with van der Waals surface area (Å²) in [6.07, 6.45) is 35.8. The highest BCUT2D eigenvalue weighted by Gasteiger charge is 2.47. The van der Waals surface area contributed by atoms with Crippen molar-refractivity contribution in [3.8, 4) is 0 Å². The summed E-state index contributed by atoms with van der Waals surface area (Å²) in [7, 11) is 0. The zero-order chi connectivity index (χ0) is 53.9. The van der Waals surface area contributed by atoms with Gasteiger partial charge in [-0.1, -0.05) is 178 Å². The first kappa shape index (κ1) is 67.6. The number of rotatable bonds is 46. The summed E-state index contributed by atoms with van der Waals surface area (Å²) in [6.45, 7) is 2.53. The first-order chi connectivity index (χ1) is 36.0. The fourth-order valence-electron chi connectivity index (χ4n) is 8.97. The van der Waals surface area contributed by atoms with E-state index in [0.29, 0.717) is 19.3 Å². The second-order valence-corrected chi connectivity index (χ2v) is 20.5. The summed E-state index contributed by atoms with van der Waals surface area (Å²) in [5.74, 6) is -0.987. The number of esters is 2.